The minimum atomic E-state index is -1.12. The number of rotatable bonds is 4. The van der Waals surface area contributed by atoms with E-state index in [9.17, 15) is 15.0 Å². The SMILES string of the molecule is CCCc1cc2[nH]c3ccccc3c2cc1[C@@]1(C)CC[C@H](O)[C@@](C)(C(=O)O)C1. The predicted octanol–water partition coefficient (Wildman–Crippen LogP) is 5.17. The zero-order valence-corrected chi connectivity index (χ0v) is 16.9. The molecule has 1 aliphatic carbocycles. The molecular weight excluding hydrogens is 350 g/mol. The molecule has 1 aliphatic rings. The molecule has 0 bridgehead atoms. The normalized spacial score (nSPS) is 28.1. The monoisotopic (exact) mass is 379 g/mol. The number of aliphatic carboxylic acids is 1. The lowest BCUT2D eigenvalue weighted by Crippen LogP contribution is -2.49. The van der Waals surface area contributed by atoms with E-state index in [-0.39, 0.29) is 5.41 Å². The van der Waals surface area contributed by atoms with Crippen LogP contribution < -0.4 is 0 Å². The highest BCUT2D eigenvalue weighted by atomic mass is 16.4. The van der Waals surface area contributed by atoms with Crippen LogP contribution in [0, 0.1) is 5.41 Å². The molecule has 4 nitrogen and oxygen atoms in total. The van der Waals surface area contributed by atoms with Crippen molar-refractivity contribution >= 4 is 27.8 Å². The number of aliphatic hydroxyl groups excluding tert-OH is 1. The average molecular weight is 380 g/mol. The van der Waals surface area contributed by atoms with Gasteiger partial charge < -0.3 is 15.2 Å². The molecule has 3 aromatic rings. The second-order valence-electron chi connectivity index (χ2n) is 8.99. The molecule has 1 aromatic heterocycles. The van der Waals surface area contributed by atoms with Crippen molar-refractivity contribution in [2.24, 2.45) is 5.41 Å². The number of benzene rings is 2. The maximum atomic E-state index is 12.0. The molecule has 0 aliphatic heterocycles. The summed E-state index contributed by atoms with van der Waals surface area (Å²) in [4.78, 5) is 15.5. The first-order chi connectivity index (χ1) is 13.3. The highest BCUT2D eigenvalue weighted by Gasteiger charge is 2.50. The summed E-state index contributed by atoms with van der Waals surface area (Å²) in [5.74, 6) is -0.906. The third-order valence-electron chi connectivity index (χ3n) is 6.85. The van der Waals surface area contributed by atoms with Crippen molar-refractivity contribution < 1.29 is 15.0 Å². The third kappa shape index (κ3) is 2.82. The Morgan fingerprint density at radius 2 is 1.93 bits per heavy atom. The fraction of sp³-hybridized carbons (Fsp3) is 0.458. The van der Waals surface area contributed by atoms with Crippen molar-refractivity contribution in [2.75, 3.05) is 0 Å². The molecule has 2 aromatic carbocycles. The van der Waals surface area contributed by atoms with Gasteiger partial charge in [0.25, 0.3) is 0 Å². The molecule has 0 saturated heterocycles. The van der Waals surface area contributed by atoms with Gasteiger partial charge in [-0.05, 0) is 67.3 Å². The maximum Gasteiger partial charge on any atom is 0.312 e. The van der Waals surface area contributed by atoms with Crippen LogP contribution in [0.15, 0.2) is 36.4 Å². The fourth-order valence-corrected chi connectivity index (χ4v) is 5.22. The first kappa shape index (κ1) is 19.0. The molecule has 0 radical (unpaired) electrons. The molecule has 0 unspecified atom stereocenters. The van der Waals surface area contributed by atoms with Gasteiger partial charge in [0, 0.05) is 21.8 Å². The van der Waals surface area contributed by atoms with Crippen LogP contribution in [0.5, 0.6) is 0 Å². The number of fused-ring (bicyclic) bond motifs is 3. The van der Waals surface area contributed by atoms with Gasteiger partial charge in [0.1, 0.15) is 0 Å². The maximum absolute atomic E-state index is 12.0. The number of hydrogen-bond donors (Lipinski definition) is 3. The van der Waals surface area contributed by atoms with Gasteiger partial charge in [-0.3, -0.25) is 4.79 Å². The lowest BCUT2D eigenvalue weighted by Gasteiger charge is -2.46. The molecule has 4 rings (SSSR count). The quantitative estimate of drug-likeness (QED) is 0.586. The zero-order chi connectivity index (χ0) is 20.1. The van der Waals surface area contributed by atoms with Crippen molar-refractivity contribution in [2.45, 2.75) is 64.4 Å². The van der Waals surface area contributed by atoms with Gasteiger partial charge in [-0.25, -0.2) is 0 Å². The smallest absolute Gasteiger partial charge is 0.312 e. The van der Waals surface area contributed by atoms with E-state index in [1.807, 2.05) is 6.07 Å². The van der Waals surface area contributed by atoms with Crippen LogP contribution in [0.3, 0.4) is 0 Å². The average Bonchev–Trinajstić information content (AvgIpc) is 3.02. The van der Waals surface area contributed by atoms with Crippen molar-refractivity contribution in [3.05, 3.63) is 47.5 Å². The van der Waals surface area contributed by atoms with Gasteiger partial charge in [0.05, 0.1) is 11.5 Å². The number of para-hydroxylation sites is 1. The van der Waals surface area contributed by atoms with Gasteiger partial charge in [0.2, 0.25) is 0 Å². The summed E-state index contributed by atoms with van der Waals surface area (Å²) in [5.41, 5.74) is 3.39. The van der Waals surface area contributed by atoms with Crippen molar-refractivity contribution in [1.82, 2.24) is 4.98 Å². The van der Waals surface area contributed by atoms with Crippen LogP contribution in [0.4, 0.5) is 0 Å². The standard InChI is InChI=1S/C24H29NO3/c1-4-7-15-12-20-17(16-8-5-6-9-19(16)25-20)13-18(15)23(2)11-10-21(26)24(3,14-23)22(27)28/h5-6,8-9,12-13,21,25-26H,4,7,10-11,14H2,1-3H3,(H,27,28)/t21-,23-,24-/m0/s1. The van der Waals surface area contributed by atoms with Crippen LogP contribution in [-0.2, 0) is 16.6 Å². The Morgan fingerprint density at radius 3 is 2.64 bits per heavy atom. The molecule has 28 heavy (non-hydrogen) atoms. The minimum Gasteiger partial charge on any atom is -0.481 e. The van der Waals surface area contributed by atoms with Gasteiger partial charge in [-0.2, -0.15) is 0 Å². The van der Waals surface area contributed by atoms with Gasteiger partial charge in [-0.15, -0.1) is 0 Å². The summed E-state index contributed by atoms with van der Waals surface area (Å²) >= 11 is 0. The van der Waals surface area contributed by atoms with Gasteiger partial charge in [0.15, 0.2) is 0 Å². The van der Waals surface area contributed by atoms with Crippen molar-refractivity contribution in [1.29, 1.82) is 0 Å². The first-order valence-corrected chi connectivity index (χ1v) is 10.2. The molecule has 4 heteroatoms. The van der Waals surface area contributed by atoms with E-state index in [2.05, 4.69) is 49.2 Å². The summed E-state index contributed by atoms with van der Waals surface area (Å²) in [6.45, 7) is 6.05. The number of aromatic nitrogens is 1. The summed E-state index contributed by atoms with van der Waals surface area (Å²) in [6.07, 6.45) is 2.94. The topological polar surface area (TPSA) is 73.3 Å². The van der Waals surface area contributed by atoms with Crippen LogP contribution >= 0.6 is 0 Å². The molecular formula is C24H29NO3. The van der Waals surface area contributed by atoms with E-state index >= 15 is 0 Å². The second kappa shape index (κ2) is 6.63. The van der Waals surface area contributed by atoms with Crippen LogP contribution in [-0.4, -0.2) is 27.3 Å². The lowest BCUT2D eigenvalue weighted by atomic mass is 9.59. The molecule has 148 valence electrons. The number of carbonyl (C=O) groups is 1. The lowest BCUT2D eigenvalue weighted by molar-refractivity contribution is -0.160. The molecule has 0 amide bonds. The summed E-state index contributed by atoms with van der Waals surface area (Å²) in [7, 11) is 0. The second-order valence-corrected chi connectivity index (χ2v) is 8.99. The highest BCUT2D eigenvalue weighted by Crippen LogP contribution is 2.50. The Kier molecular flexibility index (Phi) is 4.50. The Morgan fingerprint density at radius 1 is 1.18 bits per heavy atom. The number of aliphatic hydroxyl groups is 1. The van der Waals surface area contributed by atoms with E-state index in [4.69, 9.17) is 0 Å². The zero-order valence-electron chi connectivity index (χ0n) is 16.9. The Balaban J connectivity index is 1.91. The third-order valence-corrected chi connectivity index (χ3v) is 6.85. The number of carboxylic acids is 1. The number of carboxylic acid groups (broad SMARTS) is 1. The largest absolute Gasteiger partial charge is 0.481 e. The van der Waals surface area contributed by atoms with Gasteiger partial charge in [-0.1, -0.05) is 38.5 Å². The first-order valence-electron chi connectivity index (χ1n) is 10.2. The van der Waals surface area contributed by atoms with E-state index in [1.54, 1.807) is 6.92 Å². The number of H-pyrrole nitrogens is 1. The van der Waals surface area contributed by atoms with E-state index in [1.165, 1.54) is 21.9 Å². The van der Waals surface area contributed by atoms with Crippen LogP contribution in [0.2, 0.25) is 0 Å². The molecule has 1 saturated carbocycles. The van der Waals surface area contributed by atoms with Crippen LogP contribution in [0.25, 0.3) is 21.8 Å². The molecule has 1 fully saturated rings. The van der Waals surface area contributed by atoms with Crippen molar-refractivity contribution in [3.63, 3.8) is 0 Å². The summed E-state index contributed by atoms with van der Waals surface area (Å²) < 4.78 is 0. The summed E-state index contributed by atoms with van der Waals surface area (Å²) in [6, 6.07) is 12.8. The Bertz CT molecular complexity index is 1050. The Labute approximate surface area is 165 Å². The number of nitrogens with one attached hydrogen (secondary N) is 1. The minimum absolute atomic E-state index is 0.274. The highest BCUT2D eigenvalue weighted by molar-refractivity contribution is 6.07. The van der Waals surface area contributed by atoms with Gasteiger partial charge >= 0.3 is 5.97 Å². The number of aromatic amines is 1. The van der Waals surface area contributed by atoms with E-state index < -0.39 is 17.5 Å². The summed E-state index contributed by atoms with van der Waals surface area (Å²) in [5, 5.41) is 22.7. The molecule has 1 heterocycles. The number of aryl methyl sites for hydroxylation is 1. The Hall–Kier alpha value is -2.33. The van der Waals surface area contributed by atoms with Crippen LogP contribution in [0.1, 0.15) is 57.6 Å². The number of hydrogen-bond acceptors (Lipinski definition) is 2. The predicted molar refractivity (Wildman–Crippen MR) is 113 cm³/mol. The van der Waals surface area contributed by atoms with E-state index in [0.717, 1.165) is 30.3 Å². The fourth-order valence-electron chi connectivity index (χ4n) is 5.22. The molecule has 3 atom stereocenters. The molecule has 3 N–H and O–H groups in total. The van der Waals surface area contributed by atoms with Crippen molar-refractivity contribution in [3.8, 4) is 0 Å². The van der Waals surface area contributed by atoms with E-state index in [0.29, 0.717) is 12.8 Å². The molecule has 0 spiro atoms.